The zero-order chi connectivity index (χ0) is 14.7. The highest BCUT2D eigenvalue weighted by molar-refractivity contribution is 6.31. The number of nitrogens with zero attached hydrogens (tertiary/aromatic N) is 1. The summed E-state index contributed by atoms with van der Waals surface area (Å²) in [6.45, 7) is 0. The summed E-state index contributed by atoms with van der Waals surface area (Å²) in [4.78, 5) is 23.6. The number of methoxy groups -OCH3 is 1. The smallest absolute Gasteiger partial charge is 0.339 e. The molecule has 4 N–H and O–H groups in total. The van der Waals surface area contributed by atoms with Gasteiger partial charge in [0.2, 0.25) is 0 Å². The van der Waals surface area contributed by atoms with Crippen molar-refractivity contribution in [2.24, 2.45) is 0 Å². The molecule has 1 aromatic carbocycles. The van der Waals surface area contributed by atoms with Crippen molar-refractivity contribution in [2.45, 2.75) is 0 Å². The Kier molecular flexibility index (Phi) is 3.90. The average Bonchev–Trinajstić information content (AvgIpc) is 2.85. The molecule has 0 aliphatic heterocycles. The summed E-state index contributed by atoms with van der Waals surface area (Å²) in [5.74, 6) is -0.892. The maximum absolute atomic E-state index is 12.0. The number of halogens is 1. The lowest BCUT2D eigenvalue weighted by atomic mass is 10.1. The zero-order valence-electron chi connectivity index (χ0n) is 10.4. The van der Waals surface area contributed by atoms with Crippen molar-refractivity contribution in [1.82, 2.24) is 10.2 Å². The minimum Gasteiger partial charge on any atom is -0.465 e. The lowest BCUT2D eigenvalue weighted by Crippen LogP contribution is -2.15. The largest absolute Gasteiger partial charge is 0.465 e. The van der Waals surface area contributed by atoms with E-state index in [0.29, 0.717) is 5.02 Å². The number of aromatic nitrogens is 2. The quantitative estimate of drug-likeness (QED) is 0.746. The molecule has 0 fully saturated rings. The van der Waals surface area contributed by atoms with Gasteiger partial charge in [-0.25, -0.2) is 4.79 Å². The molecule has 0 spiro atoms. The molecule has 0 saturated heterocycles. The maximum atomic E-state index is 12.0. The molecule has 1 aromatic heterocycles. The van der Waals surface area contributed by atoms with Gasteiger partial charge in [-0.15, -0.1) is 0 Å². The molecule has 0 bridgehead atoms. The van der Waals surface area contributed by atoms with Gasteiger partial charge < -0.3 is 15.8 Å². The van der Waals surface area contributed by atoms with Gasteiger partial charge in [-0.3, -0.25) is 9.89 Å². The summed E-state index contributed by atoms with van der Waals surface area (Å²) >= 11 is 5.85. The van der Waals surface area contributed by atoms with Crippen molar-refractivity contribution in [1.29, 1.82) is 0 Å². The van der Waals surface area contributed by atoms with E-state index in [2.05, 4.69) is 20.3 Å². The van der Waals surface area contributed by atoms with Gasteiger partial charge in [-0.05, 0) is 18.2 Å². The third-order valence-electron chi connectivity index (χ3n) is 2.48. The van der Waals surface area contributed by atoms with Crippen molar-refractivity contribution < 1.29 is 14.3 Å². The number of aromatic amines is 1. The van der Waals surface area contributed by atoms with Crippen LogP contribution in [0.4, 0.5) is 11.5 Å². The van der Waals surface area contributed by atoms with Crippen LogP contribution in [0, 0.1) is 0 Å². The van der Waals surface area contributed by atoms with Crippen molar-refractivity contribution in [3.05, 3.63) is 40.5 Å². The molecule has 2 aromatic rings. The Labute approximate surface area is 119 Å². The van der Waals surface area contributed by atoms with Crippen molar-refractivity contribution in [3.8, 4) is 0 Å². The van der Waals surface area contributed by atoms with E-state index in [0.717, 1.165) is 0 Å². The summed E-state index contributed by atoms with van der Waals surface area (Å²) in [5.41, 5.74) is 6.01. The molecule has 0 atom stereocenters. The molecule has 0 aliphatic rings. The number of carbonyl (C=O) groups excluding carboxylic acids is 2. The third-order valence-corrected chi connectivity index (χ3v) is 2.71. The van der Waals surface area contributed by atoms with Gasteiger partial charge in [0.25, 0.3) is 5.91 Å². The van der Waals surface area contributed by atoms with Crippen LogP contribution in [-0.2, 0) is 4.74 Å². The van der Waals surface area contributed by atoms with Gasteiger partial charge in [-0.2, -0.15) is 5.10 Å². The van der Waals surface area contributed by atoms with Gasteiger partial charge in [0.1, 0.15) is 11.5 Å². The van der Waals surface area contributed by atoms with Gasteiger partial charge in [0.05, 0.1) is 18.4 Å². The number of carbonyl (C=O) groups is 2. The molecule has 0 radical (unpaired) electrons. The second-order valence-corrected chi connectivity index (χ2v) is 4.28. The molecule has 20 heavy (non-hydrogen) atoms. The topological polar surface area (TPSA) is 110 Å². The first-order chi connectivity index (χ1) is 9.51. The second-order valence-electron chi connectivity index (χ2n) is 3.84. The van der Waals surface area contributed by atoms with E-state index in [4.69, 9.17) is 17.3 Å². The van der Waals surface area contributed by atoms with Crippen LogP contribution in [-0.4, -0.2) is 29.2 Å². The number of esters is 1. The Hall–Kier alpha value is -2.54. The molecule has 104 valence electrons. The highest BCUT2D eigenvalue weighted by atomic mass is 35.5. The van der Waals surface area contributed by atoms with E-state index < -0.39 is 11.9 Å². The Bertz CT molecular complexity index is 668. The molecule has 1 amide bonds. The minimum atomic E-state index is -0.582. The summed E-state index contributed by atoms with van der Waals surface area (Å²) in [6, 6.07) is 5.81. The van der Waals surface area contributed by atoms with Gasteiger partial charge >= 0.3 is 5.97 Å². The molecule has 7 nitrogen and oxygen atoms in total. The summed E-state index contributed by atoms with van der Waals surface area (Å²) in [6.07, 6.45) is 0. The third kappa shape index (κ3) is 2.89. The normalized spacial score (nSPS) is 10.1. The fourth-order valence-electron chi connectivity index (χ4n) is 1.55. The summed E-state index contributed by atoms with van der Waals surface area (Å²) in [5, 5.41) is 9.03. The van der Waals surface area contributed by atoms with Crippen molar-refractivity contribution >= 4 is 35.0 Å². The number of hydrogen-bond donors (Lipinski definition) is 3. The lowest BCUT2D eigenvalue weighted by molar-refractivity contribution is 0.0602. The number of rotatable bonds is 3. The molecule has 1 heterocycles. The molecule has 8 heteroatoms. The van der Waals surface area contributed by atoms with E-state index in [-0.39, 0.29) is 22.8 Å². The first-order valence-electron chi connectivity index (χ1n) is 5.51. The number of H-pyrrole nitrogens is 1. The number of nitrogens with two attached hydrogens (primary N) is 1. The Morgan fingerprint density at radius 2 is 2.15 bits per heavy atom. The monoisotopic (exact) mass is 294 g/mol. The fourth-order valence-corrected chi connectivity index (χ4v) is 1.72. The summed E-state index contributed by atoms with van der Waals surface area (Å²) < 4.78 is 4.63. The number of ether oxygens (including phenoxy) is 1. The molecular weight excluding hydrogens is 284 g/mol. The van der Waals surface area contributed by atoms with Crippen molar-refractivity contribution in [3.63, 3.8) is 0 Å². The molecular formula is C12H11ClN4O3. The Balaban J connectivity index is 2.30. The van der Waals surface area contributed by atoms with Crippen LogP contribution in [0.1, 0.15) is 20.8 Å². The minimum absolute atomic E-state index is 0.165. The second kappa shape index (κ2) is 5.62. The Morgan fingerprint density at radius 1 is 1.40 bits per heavy atom. The highest BCUT2D eigenvalue weighted by Gasteiger charge is 2.16. The number of nitrogen functional groups attached to an aromatic ring is 1. The van der Waals surface area contributed by atoms with E-state index in [1.165, 1.54) is 31.4 Å². The molecule has 0 aliphatic carbocycles. The first kappa shape index (κ1) is 13.9. The van der Waals surface area contributed by atoms with Gasteiger partial charge in [0.15, 0.2) is 0 Å². The van der Waals surface area contributed by atoms with Crippen LogP contribution in [0.25, 0.3) is 0 Å². The van der Waals surface area contributed by atoms with Crippen LogP contribution in [0.2, 0.25) is 5.02 Å². The molecule has 0 saturated carbocycles. The van der Waals surface area contributed by atoms with E-state index in [9.17, 15) is 9.59 Å². The molecule has 0 unspecified atom stereocenters. The van der Waals surface area contributed by atoms with E-state index in [1.807, 2.05) is 0 Å². The molecule has 2 rings (SSSR count). The zero-order valence-corrected chi connectivity index (χ0v) is 11.2. The number of nitrogens with one attached hydrogen (secondary N) is 2. The Morgan fingerprint density at radius 3 is 2.75 bits per heavy atom. The van der Waals surface area contributed by atoms with Crippen LogP contribution in [0.3, 0.4) is 0 Å². The number of anilines is 2. The van der Waals surface area contributed by atoms with E-state index in [1.54, 1.807) is 0 Å². The predicted molar refractivity (Wildman–Crippen MR) is 73.7 cm³/mol. The van der Waals surface area contributed by atoms with Crippen LogP contribution >= 0.6 is 11.6 Å². The average molecular weight is 295 g/mol. The standard InChI is InChI=1S/C12H11ClN4O3/c1-20-12(19)7-3-2-6(13)4-8(7)15-11(18)9-5-10(14)17-16-9/h2-5H,1H3,(H,15,18)(H3,14,16,17). The van der Waals surface area contributed by atoms with Gasteiger partial charge in [0, 0.05) is 11.1 Å². The van der Waals surface area contributed by atoms with Crippen LogP contribution in [0.15, 0.2) is 24.3 Å². The number of hydrogen-bond acceptors (Lipinski definition) is 5. The first-order valence-corrected chi connectivity index (χ1v) is 5.89. The van der Waals surface area contributed by atoms with Crippen LogP contribution in [0.5, 0.6) is 0 Å². The lowest BCUT2D eigenvalue weighted by Gasteiger charge is -2.09. The van der Waals surface area contributed by atoms with Gasteiger partial charge in [-0.1, -0.05) is 11.6 Å². The van der Waals surface area contributed by atoms with Crippen molar-refractivity contribution in [2.75, 3.05) is 18.2 Å². The highest BCUT2D eigenvalue weighted by Crippen LogP contribution is 2.22. The predicted octanol–water partition coefficient (Wildman–Crippen LogP) is 1.68. The number of benzene rings is 1. The summed E-state index contributed by atoms with van der Waals surface area (Å²) in [7, 11) is 1.25. The fraction of sp³-hybridized carbons (Fsp3) is 0.0833. The number of amides is 1. The van der Waals surface area contributed by atoms with E-state index >= 15 is 0 Å². The SMILES string of the molecule is COC(=O)c1ccc(Cl)cc1NC(=O)c1cc(N)n[nH]1. The maximum Gasteiger partial charge on any atom is 0.339 e. The van der Waals surface area contributed by atoms with Crippen LogP contribution < -0.4 is 11.1 Å².